The Bertz CT molecular complexity index is 1880. The fourth-order valence-corrected chi connectivity index (χ4v) is 13.4. The van der Waals surface area contributed by atoms with E-state index in [-0.39, 0.29) is 17.2 Å². The van der Waals surface area contributed by atoms with Crippen LogP contribution in [0.3, 0.4) is 0 Å². The molecule has 12 nitrogen and oxygen atoms in total. The Morgan fingerprint density at radius 3 is 1.15 bits per heavy atom. The molecule has 0 aliphatic rings. The van der Waals surface area contributed by atoms with Gasteiger partial charge in [0.15, 0.2) is 4.90 Å². The van der Waals surface area contributed by atoms with Gasteiger partial charge in [0.1, 0.15) is 37.5 Å². The summed E-state index contributed by atoms with van der Waals surface area (Å²) >= 11 is -0.472. The average Bonchev–Trinajstić information content (AvgIpc) is 2.98. The van der Waals surface area contributed by atoms with Crippen molar-refractivity contribution in [2.75, 3.05) is 12.3 Å². The van der Waals surface area contributed by atoms with E-state index >= 15 is 0 Å². The first-order chi connectivity index (χ1) is 21.8. The third-order valence-electron chi connectivity index (χ3n) is 6.54. The molecule has 21 heteroatoms. The minimum absolute atomic E-state index is 0.225. The van der Waals surface area contributed by atoms with Crippen LogP contribution in [-0.4, -0.2) is 64.2 Å². The molecule has 0 aliphatic heterocycles. The van der Waals surface area contributed by atoms with Crippen LogP contribution in [0.5, 0.6) is 0 Å². The molecule has 4 rings (SSSR count). The van der Waals surface area contributed by atoms with E-state index in [0.29, 0.717) is 21.2 Å². The van der Waals surface area contributed by atoms with Crippen molar-refractivity contribution in [2.45, 2.75) is 19.6 Å². The molecule has 0 bridgehead atoms. The molecule has 0 aromatic heterocycles. The Balaban J connectivity index is 0.00000192. The van der Waals surface area contributed by atoms with Crippen LogP contribution in [0.1, 0.15) is 0 Å². The third-order valence-corrected chi connectivity index (χ3v) is 15.9. The molecular weight excluding hydrogens is 960 g/mol. The molecule has 0 saturated carbocycles. The summed E-state index contributed by atoms with van der Waals surface area (Å²) in [5.41, 5.74) is 0. The maximum absolute atomic E-state index is 12.0. The molecule has 0 saturated heterocycles. The van der Waals surface area contributed by atoms with E-state index in [1.807, 2.05) is 0 Å². The number of benzene rings is 4. The number of rotatable bonds is 11. The molecule has 4 aromatic carbocycles. The molecule has 4 aromatic rings. The van der Waals surface area contributed by atoms with Gasteiger partial charge in [-0.2, -0.15) is 8.42 Å². The number of hydrogen-bond donors (Lipinski definition) is 1. The molecular formula is C26H25Cl2O12P2PtS4+. The van der Waals surface area contributed by atoms with Gasteiger partial charge in [0.2, 0.25) is 0 Å². The monoisotopic (exact) mass is 984 g/mol. The van der Waals surface area contributed by atoms with Gasteiger partial charge in [-0.3, -0.25) is 0 Å². The molecule has 0 heterocycles. The summed E-state index contributed by atoms with van der Waals surface area (Å²) in [6.45, 7) is 0. The van der Waals surface area contributed by atoms with Crippen LogP contribution in [0.25, 0.3) is 0 Å². The normalized spacial score (nSPS) is 15.8. The predicted octanol–water partition coefficient (Wildman–Crippen LogP) is 2.37. The summed E-state index contributed by atoms with van der Waals surface area (Å²) in [6, 6.07) is 21.5. The minimum atomic E-state index is -4.85. The van der Waals surface area contributed by atoms with Crippen molar-refractivity contribution in [3.8, 4) is 0 Å². The second kappa shape index (κ2) is 16.6. The van der Waals surface area contributed by atoms with Crippen molar-refractivity contribution in [1.82, 2.24) is 0 Å². The summed E-state index contributed by atoms with van der Waals surface area (Å²) < 4.78 is 136. The zero-order valence-corrected chi connectivity index (χ0v) is 32.4. The molecule has 4 atom stereocenters. The first kappa shape index (κ1) is 40.1. The van der Waals surface area contributed by atoms with Crippen LogP contribution in [0.2, 0.25) is 0 Å². The van der Waals surface area contributed by atoms with Gasteiger partial charge in [0, 0.05) is 12.1 Å². The van der Waals surface area contributed by atoms with E-state index in [9.17, 15) is 51.9 Å². The van der Waals surface area contributed by atoms with Gasteiger partial charge >= 0.3 is 45.4 Å². The topological polar surface area (TPSA) is 235 Å². The third kappa shape index (κ3) is 11.6. The fraction of sp³-hybridized carbons (Fsp3) is 0.0769. The van der Waals surface area contributed by atoms with E-state index in [1.165, 1.54) is 60.7 Å². The van der Waals surface area contributed by atoms with Crippen molar-refractivity contribution in [3.05, 3.63) is 97.1 Å². The van der Waals surface area contributed by atoms with E-state index < -0.39 is 87.5 Å². The molecule has 0 fully saturated rings. The predicted molar refractivity (Wildman–Crippen MR) is 178 cm³/mol. The fourth-order valence-electron chi connectivity index (χ4n) is 4.53. The van der Waals surface area contributed by atoms with Gasteiger partial charge in [0.05, 0.1) is 46.9 Å². The van der Waals surface area contributed by atoms with Gasteiger partial charge in [0.25, 0.3) is 10.1 Å². The Kier molecular flexibility index (Phi) is 14.1. The molecule has 0 aliphatic carbocycles. The first-order valence-corrected chi connectivity index (χ1v) is 27.4. The van der Waals surface area contributed by atoms with Gasteiger partial charge in [-0.1, -0.05) is 24.3 Å². The second-order valence-electron chi connectivity index (χ2n) is 9.49. The van der Waals surface area contributed by atoms with Gasteiger partial charge in [-0.15, -0.1) is 4.21 Å². The maximum atomic E-state index is 12.0. The molecule has 4 unspecified atom stereocenters. The van der Waals surface area contributed by atoms with Crippen LogP contribution in [-0.2, 0) is 57.0 Å². The molecule has 0 spiro atoms. The van der Waals surface area contributed by atoms with Crippen LogP contribution in [0.15, 0.2) is 117 Å². The molecule has 0 amide bonds. The van der Waals surface area contributed by atoms with Gasteiger partial charge in [-0.05, 0) is 60.7 Å². The van der Waals surface area contributed by atoms with E-state index in [4.69, 9.17) is 18.8 Å². The Morgan fingerprint density at radius 1 is 0.574 bits per heavy atom. The summed E-state index contributed by atoms with van der Waals surface area (Å²) in [7, 11) is -13.2. The molecule has 258 valence electrons. The zero-order valence-electron chi connectivity index (χ0n) is 23.4. The van der Waals surface area contributed by atoms with Crippen LogP contribution in [0, 0.1) is 0 Å². The van der Waals surface area contributed by atoms with Crippen molar-refractivity contribution in [3.63, 3.8) is 0 Å². The molecule has 0 radical (unpaired) electrons. The van der Waals surface area contributed by atoms with Gasteiger partial charge < -0.3 is 13.7 Å². The standard InChI is InChI=1S/C26H24O12P2S4.2ClH.Pt/c27-41(28,29)23-9-1-5-19(15-23)39(20-6-2-10-24(16-20)42(30,31)32)13-14-40(21-7-3-11-25(17-21)43(33,34)35)22-8-4-12-26(18-22)44(36,37)38;;;/h1-12,15-18H,13-14H2,(H,27,28,29)(H,30,31,32)(H,33,34,35)(H,36,37,38);2*1H;/q;;;+2/p-1. The Morgan fingerprint density at radius 2 is 0.851 bits per heavy atom. The van der Waals surface area contributed by atoms with Crippen LogP contribution in [0.4, 0.5) is 0 Å². The SMILES string of the molecule is O=S(=O)([O-])c1cccc([PH+](CC[PH+](c2cccc(S(=O)(=O)[O-])c2)c2cccc(S(=O)(O)=[OH+])c2)c2cccc(S(=O)([O-])=[OH+])c2)c1.[Cl][Pt][Cl]. The summed E-state index contributed by atoms with van der Waals surface area (Å²) in [5, 5.41) is 1.74. The van der Waals surface area contributed by atoms with Crippen LogP contribution >= 0.6 is 34.7 Å². The number of halogens is 2. The molecule has 3 N–H and O–H groups in total. The van der Waals surface area contributed by atoms with Gasteiger partial charge in [-0.25, -0.2) is 25.6 Å². The molecule has 47 heavy (non-hydrogen) atoms. The first-order valence-electron chi connectivity index (χ1n) is 12.6. The van der Waals surface area contributed by atoms with Crippen molar-refractivity contribution in [1.29, 1.82) is 0 Å². The summed E-state index contributed by atoms with van der Waals surface area (Å²) in [4.78, 5) is -1.71. The van der Waals surface area contributed by atoms with Crippen molar-refractivity contribution >= 4 is 96.4 Å². The number of hydrogen-bond acceptors (Lipinski definition) is 9. The summed E-state index contributed by atoms with van der Waals surface area (Å²) in [5.74, 6) is 0. The quantitative estimate of drug-likeness (QED) is 0.131. The van der Waals surface area contributed by atoms with Crippen molar-refractivity contribution in [2.24, 2.45) is 0 Å². The van der Waals surface area contributed by atoms with E-state index in [2.05, 4.69) is 0 Å². The second-order valence-corrected chi connectivity index (χ2v) is 23.6. The Labute approximate surface area is 291 Å². The Hall–Kier alpha value is -1.35. The van der Waals surface area contributed by atoms with E-state index in [0.717, 1.165) is 12.1 Å². The van der Waals surface area contributed by atoms with Crippen molar-refractivity contribution < 1.29 is 68.4 Å². The average molecular weight is 986 g/mol. The van der Waals surface area contributed by atoms with Crippen LogP contribution < -0.4 is 21.2 Å². The summed E-state index contributed by atoms with van der Waals surface area (Å²) in [6.07, 6.45) is 0.454. The zero-order chi connectivity index (χ0) is 35.2. The van der Waals surface area contributed by atoms with E-state index in [1.54, 1.807) is 24.3 Å².